The Balaban J connectivity index is 4.38. The van der Waals surface area contributed by atoms with Gasteiger partial charge in [-0.3, -0.25) is 0 Å². The topological polar surface area (TPSA) is 47.6 Å². The van der Waals surface area contributed by atoms with Gasteiger partial charge in [0.25, 0.3) is 0 Å². The second kappa shape index (κ2) is 14.5. The number of nitriles is 2. The van der Waals surface area contributed by atoms with Crippen LogP contribution in [0.15, 0.2) is 0 Å². The van der Waals surface area contributed by atoms with Crippen molar-refractivity contribution in [1.29, 1.82) is 10.5 Å². The van der Waals surface area contributed by atoms with E-state index in [0.29, 0.717) is 6.42 Å². The summed E-state index contributed by atoms with van der Waals surface area (Å²) in [5.74, 6) is 12.4. The van der Waals surface area contributed by atoms with Crippen LogP contribution in [0.4, 0.5) is 0 Å². The van der Waals surface area contributed by atoms with Gasteiger partial charge in [0.1, 0.15) is 5.92 Å². The average molecular weight is 282 g/mol. The highest BCUT2D eigenvalue weighted by Crippen LogP contribution is 2.18. The van der Waals surface area contributed by atoms with Crippen molar-refractivity contribution in [2.24, 2.45) is 11.8 Å². The van der Waals surface area contributed by atoms with Crippen molar-refractivity contribution in [2.75, 3.05) is 0 Å². The summed E-state index contributed by atoms with van der Waals surface area (Å²) in [4.78, 5) is 0. The van der Waals surface area contributed by atoms with Crippen LogP contribution in [0.3, 0.4) is 0 Å². The minimum Gasteiger partial charge on any atom is -0.197 e. The Hall–Kier alpha value is -1.90. The summed E-state index contributed by atoms with van der Waals surface area (Å²) < 4.78 is 0. The lowest BCUT2D eigenvalue weighted by atomic mass is 9.91. The lowest BCUT2D eigenvalue weighted by Gasteiger charge is -2.10. The van der Waals surface area contributed by atoms with E-state index in [4.69, 9.17) is 10.5 Å². The van der Waals surface area contributed by atoms with Crippen molar-refractivity contribution in [2.45, 2.75) is 71.6 Å². The maximum atomic E-state index is 8.91. The Morgan fingerprint density at radius 2 is 1.24 bits per heavy atom. The van der Waals surface area contributed by atoms with E-state index in [9.17, 15) is 0 Å². The molecule has 2 nitrogen and oxygen atoms in total. The van der Waals surface area contributed by atoms with Crippen LogP contribution in [0.1, 0.15) is 71.6 Å². The first-order valence-electron chi connectivity index (χ1n) is 7.99. The smallest absolute Gasteiger partial charge is 0.133 e. The molecule has 0 radical (unpaired) electrons. The number of unbranched alkanes of at least 4 members (excludes halogenated alkanes) is 4. The average Bonchev–Trinajstić information content (AvgIpc) is 2.51. The number of nitrogens with zero attached hydrogens (tertiary/aromatic N) is 2. The van der Waals surface area contributed by atoms with E-state index in [-0.39, 0.29) is 5.92 Å². The molecule has 0 N–H and O–H groups in total. The third-order valence-electron chi connectivity index (χ3n) is 3.22. The lowest BCUT2D eigenvalue weighted by Crippen LogP contribution is -2.05. The molecule has 112 valence electrons. The van der Waals surface area contributed by atoms with Gasteiger partial charge in [-0.1, -0.05) is 26.7 Å². The first-order valence-corrected chi connectivity index (χ1v) is 7.99. The molecule has 0 aliphatic carbocycles. The minimum absolute atomic E-state index is 0.234. The van der Waals surface area contributed by atoms with Gasteiger partial charge in [0.2, 0.25) is 0 Å². The molecule has 0 amide bonds. The van der Waals surface area contributed by atoms with Crippen molar-refractivity contribution in [3.8, 4) is 35.8 Å². The Morgan fingerprint density at radius 1 is 0.762 bits per heavy atom. The Kier molecular flexibility index (Phi) is 13.2. The SMILES string of the molecule is CCCCC#CCC(CC#CCCCC)CC(C#N)C#N. The Morgan fingerprint density at radius 3 is 1.62 bits per heavy atom. The molecular formula is C19H26N2. The van der Waals surface area contributed by atoms with Crippen LogP contribution in [0.25, 0.3) is 0 Å². The van der Waals surface area contributed by atoms with Crippen molar-refractivity contribution >= 4 is 0 Å². The molecule has 0 unspecified atom stereocenters. The highest BCUT2D eigenvalue weighted by Gasteiger charge is 2.14. The normalized spacial score (nSPS) is 9.24. The molecule has 0 aromatic carbocycles. The maximum absolute atomic E-state index is 8.91. The number of hydrogen-bond acceptors (Lipinski definition) is 2. The molecule has 0 rings (SSSR count). The summed E-state index contributed by atoms with van der Waals surface area (Å²) in [6, 6.07) is 4.09. The van der Waals surface area contributed by atoms with E-state index < -0.39 is 5.92 Å². The molecular weight excluding hydrogens is 256 g/mol. The first-order chi connectivity index (χ1) is 10.3. The van der Waals surface area contributed by atoms with Crippen molar-refractivity contribution < 1.29 is 0 Å². The highest BCUT2D eigenvalue weighted by molar-refractivity contribution is 5.07. The summed E-state index contributed by atoms with van der Waals surface area (Å²) in [6.45, 7) is 4.31. The molecule has 2 heteroatoms. The van der Waals surface area contributed by atoms with E-state index in [1.54, 1.807) is 0 Å². The fourth-order valence-electron chi connectivity index (χ4n) is 1.85. The predicted octanol–water partition coefficient (Wildman–Crippen LogP) is 4.82. The van der Waals surface area contributed by atoms with Crippen LogP contribution in [0.5, 0.6) is 0 Å². The molecule has 21 heavy (non-hydrogen) atoms. The Bertz CT molecular complexity index is 414. The third-order valence-corrected chi connectivity index (χ3v) is 3.22. The van der Waals surface area contributed by atoms with Gasteiger partial charge < -0.3 is 0 Å². The van der Waals surface area contributed by atoms with Crippen LogP contribution in [0.2, 0.25) is 0 Å². The molecule has 0 saturated heterocycles. The van der Waals surface area contributed by atoms with E-state index in [1.165, 1.54) is 0 Å². The monoisotopic (exact) mass is 282 g/mol. The molecule has 0 aromatic heterocycles. The van der Waals surface area contributed by atoms with Gasteiger partial charge >= 0.3 is 0 Å². The van der Waals surface area contributed by atoms with Crippen molar-refractivity contribution in [3.63, 3.8) is 0 Å². The molecule has 0 aromatic rings. The fourth-order valence-corrected chi connectivity index (χ4v) is 1.85. The zero-order valence-corrected chi connectivity index (χ0v) is 13.4. The molecule has 0 aliphatic heterocycles. The summed E-state index contributed by atoms with van der Waals surface area (Å²) in [6.07, 6.45) is 8.52. The van der Waals surface area contributed by atoms with Crippen LogP contribution < -0.4 is 0 Å². The second-order valence-corrected chi connectivity index (χ2v) is 5.23. The summed E-state index contributed by atoms with van der Waals surface area (Å²) >= 11 is 0. The largest absolute Gasteiger partial charge is 0.197 e. The Labute approximate surface area is 130 Å². The van der Waals surface area contributed by atoms with Crippen molar-refractivity contribution in [1.82, 2.24) is 0 Å². The van der Waals surface area contributed by atoms with E-state index in [1.807, 2.05) is 12.1 Å². The zero-order chi connectivity index (χ0) is 15.8. The number of rotatable bonds is 8. The van der Waals surface area contributed by atoms with E-state index >= 15 is 0 Å². The van der Waals surface area contributed by atoms with E-state index in [2.05, 4.69) is 37.5 Å². The van der Waals surface area contributed by atoms with Crippen LogP contribution in [-0.4, -0.2) is 0 Å². The molecule has 0 heterocycles. The molecule has 0 fully saturated rings. The van der Waals surface area contributed by atoms with Gasteiger partial charge in [-0.2, -0.15) is 10.5 Å². The summed E-state index contributed by atoms with van der Waals surface area (Å²) in [7, 11) is 0. The quantitative estimate of drug-likeness (QED) is 0.473. The van der Waals surface area contributed by atoms with Gasteiger partial charge in [0.15, 0.2) is 0 Å². The van der Waals surface area contributed by atoms with Crippen LogP contribution >= 0.6 is 0 Å². The predicted molar refractivity (Wildman–Crippen MR) is 86.7 cm³/mol. The highest BCUT2D eigenvalue weighted by atomic mass is 14.3. The van der Waals surface area contributed by atoms with Crippen LogP contribution in [-0.2, 0) is 0 Å². The summed E-state index contributed by atoms with van der Waals surface area (Å²) in [5, 5.41) is 17.8. The first kappa shape index (κ1) is 19.1. The summed E-state index contributed by atoms with van der Waals surface area (Å²) in [5.41, 5.74) is 0. The van der Waals surface area contributed by atoms with Crippen molar-refractivity contribution in [3.05, 3.63) is 0 Å². The molecule has 0 spiro atoms. The zero-order valence-electron chi connectivity index (χ0n) is 13.4. The number of hydrogen-bond donors (Lipinski definition) is 0. The van der Waals surface area contributed by atoms with Gasteiger partial charge in [0.05, 0.1) is 12.1 Å². The standard InChI is InChI=1S/C19H26N2/c1-3-5-7-9-11-13-18(15-19(16-20)17-21)14-12-10-8-6-4-2/h18-19H,3-8,13-15H2,1-2H3. The minimum atomic E-state index is -0.537. The molecule has 0 bridgehead atoms. The molecule has 0 atom stereocenters. The van der Waals surface area contributed by atoms with Gasteiger partial charge in [-0.15, -0.1) is 23.7 Å². The van der Waals surface area contributed by atoms with Gasteiger partial charge in [-0.05, 0) is 25.2 Å². The third kappa shape index (κ3) is 11.6. The maximum Gasteiger partial charge on any atom is 0.133 e. The molecule has 0 aliphatic rings. The lowest BCUT2D eigenvalue weighted by molar-refractivity contribution is 0.480. The van der Waals surface area contributed by atoms with Crippen LogP contribution in [0, 0.1) is 58.2 Å². The second-order valence-electron chi connectivity index (χ2n) is 5.23. The van der Waals surface area contributed by atoms with Gasteiger partial charge in [-0.25, -0.2) is 0 Å². The fraction of sp³-hybridized carbons (Fsp3) is 0.684. The van der Waals surface area contributed by atoms with E-state index in [0.717, 1.165) is 51.4 Å². The van der Waals surface area contributed by atoms with Gasteiger partial charge in [0, 0.05) is 25.7 Å². The molecule has 0 saturated carbocycles.